The van der Waals surface area contributed by atoms with E-state index in [-0.39, 0.29) is 5.91 Å². The van der Waals surface area contributed by atoms with Crippen LogP contribution in [0.25, 0.3) is 0 Å². The number of hydrogen-bond donors (Lipinski definition) is 1. The van der Waals surface area contributed by atoms with Crippen molar-refractivity contribution in [2.75, 3.05) is 0 Å². The first-order valence-electron chi connectivity index (χ1n) is 3.23. The highest BCUT2D eigenvalue weighted by Crippen LogP contribution is 1.90. The van der Waals surface area contributed by atoms with Gasteiger partial charge in [0, 0.05) is 19.3 Å². The van der Waals surface area contributed by atoms with Gasteiger partial charge < -0.3 is 0 Å². The van der Waals surface area contributed by atoms with Gasteiger partial charge in [0.1, 0.15) is 0 Å². The number of nitrogens with zero attached hydrogens (tertiary/aromatic N) is 2. The van der Waals surface area contributed by atoms with Crippen LogP contribution < -0.4 is 5.43 Å². The molecule has 1 aliphatic rings. The summed E-state index contributed by atoms with van der Waals surface area (Å²) in [5, 5.41) is 5.22. The molecule has 11 heavy (non-hydrogen) atoms. The Kier molecular flexibility index (Phi) is 2.43. The van der Waals surface area contributed by atoms with Gasteiger partial charge in [-0.1, -0.05) is 6.08 Å². The lowest BCUT2D eigenvalue weighted by atomic mass is 10.5. The fourth-order valence-corrected chi connectivity index (χ4v) is 0.621. The van der Waals surface area contributed by atoms with Crippen molar-refractivity contribution in [3.8, 4) is 0 Å². The van der Waals surface area contributed by atoms with E-state index in [1.807, 2.05) is 6.08 Å². The molecule has 1 N–H and O–H groups in total. The molecule has 0 aliphatic carbocycles. The van der Waals surface area contributed by atoms with Crippen LogP contribution in [0.5, 0.6) is 0 Å². The zero-order valence-electron chi connectivity index (χ0n) is 6.19. The normalized spacial score (nSPS) is 14.8. The fraction of sp³-hybridized carbons (Fsp3) is 0.143. The van der Waals surface area contributed by atoms with E-state index in [4.69, 9.17) is 0 Å². The summed E-state index contributed by atoms with van der Waals surface area (Å²) in [4.78, 5) is 10.5. The Bertz CT molecular complexity index is 214. The molecule has 0 unspecified atom stereocenters. The highest BCUT2D eigenvalue weighted by atomic mass is 16.2. The molecule has 0 aromatic rings. The van der Waals surface area contributed by atoms with Crippen molar-refractivity contribution in [3.63, 3.8) is 0 Å². The molecule has 0 saturated heterocycles. The third kappa shape index (κ3) is 2.66. The quantitative estimate of drug-likeness (QED) is 0.590. The van der Waals surface area contributed by atoms with Crippen LogP contribution >= 0.6 is 0 Å². The average molecular weight is 151 g/mol. The van der Waals surface area contributed by atoms with E-state index in [0.717, 1.165) is 0 Å². The summed E-state index contributed by atoms with van der Waals surface area (Å²) in [5.74, 6) is -0.145. The molecule has 0 spiro atoms. The van der Waals surface area contributed by atoms with Gasteiger partial charge in [-0.05, 0) is 12.2 Å². The molecule has 1 amide bonds. The maximum atomic E-state index is 10.5. The van der Waals surface area contributed by atoms with E-state index in [2.05, 4.69) is 10.5 Å². The summed E-state index contributed by atoms with van der Waals surface area (Å²) >= 11 is 0. The summed E-state index contributed by atoms with van der Waals surface area (Å²) in [6.45, 7) is 1.43. The van der Waals surface area contributed by atoms with Crippen molar-refractivity contribution in [2.24, 2.45) is 5.10 Å². The number of rotatable bonds is 1. The molecule has 0 aromatic heterocycles. The second-order valence-corrected chi connectivity index (χ2v) is 2.00. The Balaban J connectivity index is 2.53. The van der Waals surface area contributed by atoms with Crippen molar-refractivity contribution in [1.82, 2.24) is 10.5 Å². The first-order chi connectivity index (χ1) is 5.29. The van der Waals surface area contributed by atoms with E-state index in [1.165, 1.54) is 12.0 Å². The highest BCUT2D eigenvalue weighted by Gasteiger charge is 1.96. The SMILES string of the molecule is CC(=O)NN1C=CC=CC=N1. The number of hydrogen-bond acceptors (Lipinski definition) is 3. The Morgan fingerprint density at radius 3 is 3.00 bits per heavy atom. The van der Waals surface area contributed by atoms with E-state index in [1.54, 1.807) is 24.6 Å². The zero-order chi connectivity index (χ0) is 8.10. The molecule has 0 saturated carbocycles. The van der Waals surface area contributed by atoms with Gasteiger partial charge in [0.2, 0.25) is 5.91 Å². The molecule has 4 heteroatoms. The van der Waals surface area contributed by atoms with Gasteiger partial charge in [0.25, 0.3) is 0 Å². The van der Waals surface area contributed by atoms with Gasteiger partial charge in [-0.2, -0.15) is 10.2 Å². The molecule has 0 radical (unpaired) electrons. The number of hydrazone groups is 1. The molecule has 1 rings (SSSR count). The van der Waals surface area contributed by atoms with Crippen LogP contribution in [0.3, 0.4) is 0 Å². The van der Waals surface area contributed by atoms with Gasteiger partial charge in [-0.15, -0.1) is 0 Å². The minimum absolute atomic E-state index is 0.145. The van der Waals surface area contributed by atoms with Crippen molar-refractivity contribution in [1.29, 1.82) is 0 Å². The molecule has 1 heterocycles. The minimum atomic E-state index is -0.145. The summed E-state index contributed by atoms with van der Waals surface area (Å²) in [5.41, 5.74) is 2.49. The van der Waals surface area contributed by atoms with E-state index >= 15 is 0 Å². The van der Waals surface area contributed by atoms with Crippen LogP contribution in [-0.4, -0.2) is 17.2 Å². The molecular weight excluding hydrogens is 142 g/mol. The van der Waals surface area contributed by atoms with Crippen LogP contribution in [0, 0.1) is 0 Å². The number of carbonyl (C=O) groups excluding carboxylic acids is 1. The van der Waals surface area contributed by atoms with Crippen molar-refractivity contribution < 1.29 is 4.79 Å². The van der Waals surface area contributed by atoms with Crippen molar-refractivity contribution in [3.05, 3.63) is 24.4 Å². The number of hydrazine groups is 1. The first kappa shape index (κ1) is 7.53. The largest absolute Gasteiger partial charge is 0.274 e. The maximum absolute atomic E-state index is 10.5. The van der Waals surface area contributed by atoms with Crippen LogP contribution in [0.2, 0.25) is 0 Å². The van der Waals surface area contributed by atoms with Crippen LogP contribution in [-0.2, 0) is 4.79 Å². The van der Waals surface area contributed by atoms with E-state index in [9.17, 15) is 4.79 Å². The topological polar surface area (TPSA) is 44.7 Å². The maximum Gasteiger partial charge on any atom is 0.236 e. The second-order valence-electron chi connectivity index (χ2n) is 2.00. The summed E-state index contributed by atoms with van der Waals surface area (Å²) in [7, 11) is 0. The third-order valence-corrected chi connectivity index (χ3v) is 0.999. The third-order valence-electron chi connectivity index (χ3n) is 0.999. The van der Waals surface area contributed by atoms with Gasteiger partial charge in [-0.3, -0.25) is 4.79 Å². The summed E-state index contributed by atoms with van der Waals surface area (Å²) in [6.07, 6.45) is 8.63. The second kappa shape index (κ2) is 3.55. The number of carbonyl (C=O) groups is 1. The van der Waals surface area contributed by atoms with Gasteiger partial charge >= 0.3 is 0 Å². The predicted octanol–water partition coefficient (Wildman–Crippen LogP) is 0.409. The van der Waals surface area contributed by atoms with Gasteiger partial charge in [0.15, 0.2) is 0 Å². The smallest absolute Gasteiger partial charge is 0.236 e. The molecule has 0 fully saturated rings. The predicted molar refractivity (Wildman–Crippen MR) is 42.4 cm³/mol. The average Bonchev–Trinajstić information content (AvgIpc) is 2.14. The van der Waals surface area contributed by atoms with Crippen molar-refractivity contribution >= 4 is 12.1 Å². The highest BCUT2D eigenvalue weighted by molar-refractivity contribution is 5.74. The van der Waals surface area contributed by atoms with Crippen LogP contribution in [0.15, 0.2) is 29.5 Å². The van der Waals surface area contributed by atoms with E-state index in [0.29, 0.717) is 0 Å². The summed E-state index contributed by atoms with van der Waals surface area (Å²) in [6, 6.07) is 0. The van der Waals surface area contributed by atoms with Crippen LogP contribution in [0.1, 0.15) is 6.92 Å². The lowest BCUT2D eigenvalue weighted by molar-refractivity contribution is -0.122. The van der Waals surface area contributed by atoms with Crippen LogP contribution in [0.4, 0.5) is 0 Å². The Morgan fingerprint density at radius 1 is 1.45 bits per heavy atom. The molecule has 0 aromatic carbocycles. The standard InChI is InChI=1S/C7H9N3O/c1-7(11)9-10-6-4-2-3-5-8-10/h2-6H,1H3,(H,9,11). The summed E-state index contributed by atoms with van der Waals surface area (Å²) < 4.78 is 0. The number of amides is 1. The Hall–Kier alpha value is -1.58. The lowest BCUT2D eigenvalue weighted by Crippen LogP contribution is -2.32. The molecule has 1 aliphatic heterocycles. The molecular formula is C7H9N3O. The van der Waals surface area contributed by atoms with E-state index < -0.39 is 0 Å². The van der Waals surface area contributed by atoms with Crippen molar-refractivity contribution in [2.45, 2.75) is 6.92 Å². The van der Waals surface area contributed by atoms with Gasteiger partial charge in [-0.25, -0.2) is 5.43 Å². The number of nitrogens with one attached hydrogen (secondary N) is 1. The Morgan fingerprint density at radius 2 is 2.27 bits per heavy atom. The zero-order valence-corrected chi connectivity index (χ0v) is 6.19. The molecule has 58 valence electrons. The molecule has 4 nitrogen and oxygen atoms in total. The lowest BCUT2D eigenvalue weighted by Gasteiger charge is -2.11. The fourth-order valence-electron chi connectivity index (χ4n) is 0.621. The molecule has 0 atom stereocenters. The minimum Gasteiger partial charge on any atom is -0.274 e. The molecule has 0 bridgehead atoms. The first-order valence-corrected chi connectivity index (χ1v) is 3.23. The Labute approximate surface area is 64.9 Å². The van der Waals surface area contributed by atoms with Gasteiger partial charge in [0.05, 0.1) is 0 Å². The number of allylic oxidation sites excluding steroid dienone is 3. The monoisotopic (exact) mass is 151 g/mol.